The van der Waals surface area contributed by atoms with Crippen molar-refractivity contribution in [2.75, 3.05) is 5.73 Å². The van der Waals surface area contributed by atoms with Gasteiger partial charge in [-0.3, -0.25) is 9.59 Å². The predicted octanol–water partition coefficient (Wildman–Crippen LogP) is -0.0347. The van der Waals surface area contributed by atoms with Crippen LogP contribution in [0.1, 0.15) is 16.8 Å². The van der Waals surface area contributed by atoms with Gasteiger partial charge in [-0.2, -0.15) is 0 Å². The van der Waals surface area contributed by atoms with Gasteiger partial charge in [-0.15, -0.1) is 0 Å². The lowest BCUT2D eigenvalue weighted by Gasteiger charge is -2.07. The van der Waals surface area contributed by atoms with Crippen LogP contribution in [0.5, 0.6) is 0 Å². The minimum absolute atomic E-state index is 0.246. The Labute approximate surface area is 130 Å². The minimum Gasteiger partial charge on any atom is -0.480 e. The number of para-hydroxylation sites is 1. The molecule has 1 rings (SSSR count). The fraction of sp³-hybridized carbons (Fsp3) is 0.143. The van der Waals surface area contributed by atoms with E-state index in [0.29, 0.717) is 23.4 Å². The van der Waals surface area contributed by atoms with E-state index >= 15 is 0 Å². The van der Waals surface area contributed by atoms with Crippen molar-refractivity contribution in [2.45, 2.75) is 12.5 Å². The molecule has 0 radical (unpaired) electrons. The topological polar surface area (TPSA) is 181 Å². The normalized spacial score (nSPS) is 11.2. The standard InChI is InChI=1S/C10H12N2O3.C4H4O4/c11-7-4-2-1-3-6(7)9(13)5-8(12)10(14)15;5-3(6)1-2-4(7)8/h1-4,8H,5,11-12H2,(H,14,15);1-2H,(H,5,6)(H,7,8)/b;2-1+. The average Bonchev–Trinajstić information content (AvgIpc) is 2.46. The quantitative estimate of drug-likeness (QED) is 0.272. The molecule has 0 saturated carbocycles. The Morgan fingerprint density at radius 2 is 1.48 bits per heavy atom. The van der Waals surface area contributed by atoms with E-state index in [4.69, 9.17) is 26.8 Å². The molecule has 0 bridgehead atoms. The molecule has 1 unspecified atom stereocenters. The number of hydrogen-bond acceptors (Lipinski definition) is 6. The third-order valence-electron chi connectivity index (χ3n) is 2.35. The van der Waals surface area contributed by atoms with E-state index in [2.05, 4.69) is 0 Å². The first-order valence-corrected chi connectivity index (χ1v) is 6.15. The molecule has 0 aliphatic heterocycles. The lowest BCUT2D eigenvalue weighted by Crippen LogP contribution is -2.32. The second kappa shape index (κ2) is 9.68. The van der Waals surface area contributed by atoms with Crippen molar-refractivity contribution in [3.63, 3.8) is 0 Å². The van der Waals surface area contributed by atoms with Crippen LogP contribution in [0.2, 0.25) is 0 Å². The summed E-state index contributed by atoms with van der Waals surface area (Å²) in [6.45, 7) is 0. The SMILES string of the molecule is Nc1ccccc1C(=O)CC(N)C(=O)O.O=C(O)/C=C/C(=O)O. The Kier molecular flexibility index (Phi) is 8.34. The molecular weight excluding hydrogens is 308 g/mol. The molecular formula is C14H16N2O7. The van der Waals surface area contributed by atoms with Crippen molar-refractivity contribution in [1.29, 1.82) is 0 Å². The number of rotatable bonds is 6. The first kappa shape index (κ1) is 19.8. The van der Waals surface area contributed by atoms with Crippen molar-refractivity contribution in [3.05, 3.63) is 42.0 Å². The molecule has 1 aromatic rings. The number of hydrogen-bond donors (Lipinski definition) is 5. The molecule has 0 aromatic heterocycles. The summed E-state index contributed by atoms with van der Waals surface area (Å²) in [6, 6.07) is 5.31. The van der Waals surface area contributed by atoms with Crippen molar-refractivity contribution < 1.29 is 34.5 Å². The number of aliphatic carboxylic acids is 3. The molecule has 0 fully saturated rings. The first-order valence-electron chi connectivity index (χ1n) is 6.15. The minimum atomic E-state index is -1.26. The molecule has 0 amide bonds. The van der Waals surface area contributed by atoms with Gasteiger partial charge in [0, 0.05) is 29.8 Å². The van der Waals surface area contributed by atoms with Gasteiger partial charge < -0.3 is 26.8 Å². The average molecular weight is 324 g/mol. The molecule has 0 saturated heterocycles. The van der Waals surface area contributed by atoms with Crippen LogP contribution in [-0.4, -0.2) is 45.1 Å². The molecule has 1 aromatic carbocycles. The van der Waals surface area contributed by atoms with E-state index < -0.39 is 23.9 Å². The van der Waals surface area contributed by atoms with Gasteiger partial charge in [0.1, 0.15) is 6.04 Å². The zero-order valence-electron chi connectivity index (χ0n) is 11.9. The summed E-state index contributed by atoms with van der Waals surface area (Å²) in [5, 5.41) is 24.2. The number of carbonyl (C=O) groups excluding carboxylic acids is 1. The highest BCUT2D eigenvalue weighted by atomic mass is 16.4. The summed E-state index contributed by atoms with van der Waals surface area (Å²) >= 11 is 0. The van der Waals surface area contributed by atoms with Crippen LogP contribution in [-0.2, 0) is 14.4 Å². The summed E-state index contributed by atoms with van der Waals surface area (Å²) in [5.74, 6) is -4.07. The van der Waals surface area contributed by atoms with Crippen LogP contribution in [0.15, 0.2) is 36.4 Å². The monoisotopic (exact) mass is 324 g/mol. The van der Waals surface area contributed by atoms with E-state index in [0.717, 1.165) is 0 Å². The molecule has 23 heavy (non-hydrogen) atoms. The second-order valence-corrected chi connectivity index (χ2v) is 4.17. The zero-order chi connectivity index (χ0) is 18.0. The third kappa shape index (κ3) is 8.63. The number of carboxylic acids is 3. The lowest BCUT2D eigenvalue weighted by molar-refractivity contribution is -0.138. The van der Waals surface area contributed by atoms with Gasteiger partial charge in [0.2, 0.25) is 0 Å². The number of nitrogens with two attached hydrogens (primary N) is 2. The Bertz CT molecular complexity index is 609. The zero-order valence-corrected chi connectivity index (χ0v) is 11.9. The molecule has 1 atom stereocenters. The largest absolute Gasteiger partial charge is 0.480 e. The molecule has 124 valence electrons. The van der Waals surface area contributed by atoms with Gasteiger partial charge in [-0.25, -0.2) is 9.59 Å². The Hall–Kier alpha value is -3.20. The highest BCUT2D eigenvalue weighted by Crippen LogP contribution is 2.13. The highest BCUT2D eigenvalue weighted by molar-refractivity contribution is 6.02. The fourth-order valence-corrected chi connectivity index (χ4v) is 1.29. The third-order valence-corrected chi connectivity index (χ3v) is 2.35. The fourth-order valence-electron chi connectivity index (χ4n) is 1.29. The number of carbonyl (C=O) groups is 4. The second-order valence-electron chi connectivity index (χ2n) is 4.17. The highest BCUT2D eigenvalue weighted by Gasteiger charge is 2.18. The van der Waals surface area contributed by atoms with E-state index in [-0.39, 0.29) is 12.2 Å². The van der Waals surface area contributed by atoms with Gasteiger partial charge in [-0.05, 0) is 12.1 Å². The van der Waals surface area contributed by atoms with Crippen molar-refractivity contribution in [3.8, 4) is 0 Å². The number of ketones is 1. The van der Waals surface area contributed by atoms with Crippen molar-refractivity contribution in [1.82, 2.24) is 0 Å². The molecule has 7 N–H and O–H groups in total. The summed E-state index contributed by atoms with van der Waals surface area (Å²) in [4.78, 5) is 41.1. The van der Waals surface area contributed by atoms with Crippen LogP contribution in [0, 0.1) is 0 Å². The Morgan fingerprint density at radius 3 is 1.87 bits per heavy atom. The maximum atomic E-state index is 11.6. The number of carboxylic acid groups (broad SMARTS) is 3. The molecule has 9 nitrogen and oxygen atoms in total. The van der Waals surface area contributed by atoms with Crippen LogP contribution in [0.3, 0.4) is 0 Å². The molecule has 0 aliphatic rings. The molecule has 0 heterocycles. The van der Waals surface area contributed by atoms with E-state index in [1.165, 1.54) is 0 Å². The lowest BCUT2D eigenvalue weighted by atomic mass is 10.0. The van der Waals surface area contributed by atoms with Gasteiger partial charge in [0.15, 0.2) is 5.78 Å². The predicted molar refractivity (Wildman–Crippen MR) is 79.8 cm³/mol. The number of Topliss-reactive ketones (excluding diaryl/α,β-unsaturated/α-hetero) is 1. The van der Waals surface area contributed by atoms with Gasteiger partial charge in [0.05, 0.1) is 0 Å². The molecule has 0 aliphatic carbocycles. The maximum Gasteiger partial charge on any atom is 0.328 e. The summed E-state index contributed by atoms with van der Waals surface area (Å²) < 4.78 is 0. The van der Waals surface area contributed by atoms with Crippen LogP contribution in [0.25, 0.3) is 0 Å². The molecule has 9 heteroatoms. The van der Waals surface area contributed by atoms with Gasteiger partial charge in [-0.1, -0.05) is 12.1 Å². The van der Waals surface area contributed by atoms with E-state index in [1.807, 2.05) is 0 Å². The van der Waals surface area contributed by atoms with Crippen molar-refractivity contribution in [2.24, 2.45) is 5.73 Å². The smallest absolute Gasteiger partial charge is 0.328 e. The first-order chi connectivity index (χ1) is 10.6. The van der Waals surface area contributed by atoms with Gasteiger partial charge >= 0.3 is 17.9 Å². The summed E-state index contributed by atoms with van der Waals surface area (Å²) in [5.41, 5.74) is 11.5. The van der Waals surface area contributed by atoms with Gasteiger partial charge in [0.25, 0.3) is 0 Å². The van der Waals surface area contributed by atoms with Crippen LogP contribution >= 0.6 is 0 Å². The summed E-state index contributed by atoms with van der Waals surface area (Å²) in [7, 11) is 0. The van der Waals surface area contributed by atoms with E-state index in [1.54, 1.807) is 24.3 Å². The number of benzene rings is 1. The molecule has 0 spiro atoms. The number of anilines is 1. The number of nitrogen functional groups attached to an aromatic ring is 1. The Balaban J connectivity index is 0.000000515. The van der Waals surface area contributed by atoms with Crippen LogP contribution < -0.4 is 11.5 Å². The van der Waals surface area contributed by atoms with Crippen molar-refractivity contribution >= 4 is 29.4 Å². The van der Waals surface area contributed by atoms with E-state index in [9.17, 15) is 19.2 Å². The summed E-state index contributed by atoms with van der Waals surface area (Å²) in [6.07, 6.45) is 0.869. The Morgan fingerprint density at radius 1 is 1.00 bits per heavy atom. The van der Waals surface area contributed by atoms with Crippen LogP contribution in [0.4, 0.5) is 5.69 Å². The maximum absolute atomic E-state index is 11.6.